The molecule has 1 N–H and O–H groups in total. The van der Waals surface area contributed by atoms with Gasteiger partial charge in [0, 0.05) is 24.3 Å². The van der Waals surface area contributed by atoms with Crippen LogP contribution in [0.25, 0.3) is 0 Å². The first-order chi connectivity index (χ1) is 14.0. The molecular formula is C23H28N2O3S. The molecule has 0 radical (unpaired) electrons. The Hall–Kier alpha value is -2.34. The first kappa shape index (κ1) is 20.0. The van der Waals surface area contributed by atoms with Crippen molar-refractivity contribution in [1.29, 1.82) is 0 Å². The molecule has 0 bridgehead atoms. The minimum atomic E-state index is -3.65. The van der Waals surface area contributed by atoms with Crippen LogP contribution in [0.15, 0.2) is 53.4 Å². The maximum Gasteiger partial charge on any atom is 0.261 e. The van der Waals surface area contributed by atoms with E-state index in [9.17, 15) is 13.2 Å². The van der Waals surface area contributed by atoms with Crippen molar-refractivity contribution >= 4 is 21.6 Å². The van der Waals surface area contributed by atoms with Crippen molar-refractivity contribution in [2.75, 3.05) is 17.8 Å². The van der Waals surface area contributed by atoms with Crippen molar-refractivity contribution in [3.05, 3.63) is 59.7 Å². The number of rotatable bonds is 5. The van der Waals surface area contributed by atoms with Crippen LogP contribution in [-0.4, -0.2) is 32.3 Å². The van der Waals surface area contributed by atoms with Crippen LogP contribution in [0.5, 0.6) is 0 Å². The Labute approximate surface area is 173 Å². The summed E-state index contributed by atoms with van der Waals surface area (Å²) in [6.07, 6.45) is 8.27. The molecule has 29 heavy (non-hydrogen) atoms. The van der Waals surface area contributed by atoms with E-state index in [2.05, 4.69) is 4.72 Å². The largest absolute Gasteiger partial charge is 0.339 e. The lowest BCUT2D eigenvalue weighted by Crippen LogP contribution is -2.27. The lowest BCUT2D eigenvalue weighted by Gasteiger charge is -2.22. The molecule has 0 spiro atoms. The number of nitrogens with one attached hydrogen (secondary N) is 1. The fourth-order valence-electron chi connectivity index (χ4n) is 4.35. The SMILES string of the molecule is O=C(c1ccc(NS(=O)(=O)c2ccc(C3CCCCC3)cc2)cc1)N1CCCC1. The zero-order chi connectivity index (χ0) is 20.3. The average Bonchev–Trinajstić information content (AvgIpc) is 3.29. The molecule has 4 rings (SSSR count). The summed E-state index contributed by atoms with van der Waals surface area (Å²) in [7, 11) is -3.65. The van der Waals surface area contributed by atoms with Gasteiger partial charge in [0.1, 0.15) is 0 Å². The second kappa shape index (κ2) is 8.57. The van der Waals surface area contributed by atoms with Gasteiger partial charge in [0.2, 0.25) is 0 Å². The highest BCUT2D eigenvalue weighted by Gasteiger charge is 2.20. The first-order valence-electron chi connectivity index (χ1n) is 10.5. The molecule has 0 unspecified atom stereocenters. The second-order valence-corrected chi connectivity index (χ2v) is 9.77. The lowest BCUT2D eigenvalue weighted by atomic mass is 9.84. The van der Waals surface area contributed by atoms with E-state index >= 15 is 0 Å². The summed E-state index contributed by atoms with van der Waals surface area (Å²) in [5, 5.41) is 0. The highest BCUT2D eigenvalue weighted by Crippen LogP contribution is 2.33. The summed E-state index contributed by atoms with van der Waals surface area (Å²) < 4.78 is 28.1. The summed E-state index contributed by atoms with van der Waals surface area (Å²) in [6, 6.07) is 13.9. The van der Waals surface area contributed by atoms with Gasteiger partial charge in [0.05, 0.1) is 4.90 Å². The maximum atomic E-state index is 12.7. The number of sulfonamides is 1. The minimum Gasteiger partial charge on any atom is -0.339 e. The summed E-state index contributed by atoms with van der Waals surface area (Å²) in [5.74, 6) is 0.560. The van der Waals surface area contributed by atoms with E-state index in [-0.39, 0.29) is 10.8 Å². The highest BCUT2D eigenvalue weighted by atomic mass is 32.2. The molecule has 5 nitrogen and oxygen atoms in total. The number of carbonyl (C=O) groups is 1. The lowest BCUT2D eigenvalue weighted by molar-refractivity contribution is 0.0793. The Kier molecular flexibility index (Phi) is 5.90. The number of hydrogen-bond acceptors (Lipinski definition) is 3. The molecule has 154 valence electrons. The van der Waals surface area contributed by atoms with Crippen LogP contribution in [0.1, 0.15) is 66.8 Å². The van der Waals surface area contributed by atoms with Gasteiger partial charge < -0.3 is 4.90 Å². The van der Waals surface area contributed by atoms with E-state index in [0.29, 0.717) is 17.2 Å². The third-order valence-corrected chi connectivity index (χ3v) is 7.44. The van der Waals surface area contributed by atoms with Gasteiger partial charge in [-0.1, -0.05) is 31.4 Å². The van der Waals surface area contributed by atoms with Gasteiger partial charge in [-0.3, -0.25) is 9.52 Å². The molecule has 1 heterocycles. The Morgan fingerprint density at radius 3 is 2.07 bits per heavy atom. The number of nitrogens with zero attached hydrogens (tertiary/aromatic N) is 1. The van der Waals surface area contributed by atoms with Gasteiger partial charge in [-0.15, -0.1) is 0 Å². The smallest absolute Gasteiger partial charge is 0.261 e. The zero-order valence-corrected chi connectivity index (χ0v) is 17.5. The van der Waals surface area contributed by atoms with Crippen molar-refractivity contribution in [2.45, 2.75) is 55.8 Å². The molecule has 1 saturated heterocycles. The van der Waals surface area contributed by atoms with Crippen LogP contribution in [0, 0.1) is 0 Å². The normalized spacial score (nSPS) is 18.0. The van der Waals surface area contributed by atoms with E-state index in [1.54, 1.807) is 36.4 Å². The molecule has 0 atom stereocenters. The predicted octanol–water partition coefficient (Wildman–Crippen LogP) is 4.77. The first-order valence-corrected chi connectivity index (χ1v) is 12.0. The average molecular weight is 413 g/mol. The molecule has 6 heteroatoms. The third-order valence-electron chi connectivity index (χ3n) is 6.04. The van der Waals surface area contributed by atoms with Crippen molar-refractivity contribution in [3.63, 3.8) is 0 Å². The Bertz CT molecular complexity index is 941. The number of carbonyl (C=O) groups excluding carboxylic acids is 1. The number of amides is 1. The zero-order valence-electron chi connectivity index (χ0n) is 16.6. The monoisotopic (exact) mass is 412 g/mol. The van der Waals surface area contributed by atoms with Crippen LogP contribution >= 0.6 is 0 Å². The van der Waals surface area contributed by atoms with Gasteiger partial charge >= 0.3 is 0 Å². The molecular weight excluding hydrogens is 384 g/mol. The van der Waals surface area contributed by atoms with Crippen LogP contribution in [0.3, 0.4) is 0 Å². The van der Waals surface area contributed by atoms with E-state index < -0.39 is 10.0 Å². The van der Waals surface area contributed by atoms with Crippen LogP contribution < -0.4 is 4.72 Å². The van der Waals surface area contributed by atoms with Gasteiger partial charge in [0.25, 0.3) is 15.9 Å². The van der Waals surface area contributed by atoms with Crippen molar-refractivity contribution in [3.8, 4) is 0 Å². The topological polar surface area (TPSA) is 66.5 Å². The summed E-state index contributed by atoms with van der Waals surface area (Å²) in [4.78, 5) is 14.5. The molecule has 0 aromatic heterocycles. The number of benzene rings is 2. The highest BCUT2D eigenvalue weighted by molar-refractivity contribution is 7.92. The van der Waals surface area contributed by atoms with Crippen molar-refractivity contribution in [2.24, 2.45) is 0 Å². The summed E-state index contributed by atoms with van der Waals surface area (Å²) >= 11 is 0. The predicted molar refractivity (Wildman–Crippen MR) is 115 cm³/mol. The van der Waals surface area contributed by atoms with Gasteiger partial charge in [0.15, 0.2) is 0 Å². The fourth-order valence-corrected chi connectivity index (χ4v) is 5.41. The van der Waals surface area contributed by atoms with E-state index in [0.717, 1.165) is 25.9 Å². The molecule has 1 aliphatic carbocycles. The molecule has 2 aromatic rings. The van der Waals surface area contributed by atoms with E-state index in [1.807, 2.05) is 17.0 Å². The number of likely N-dealkylation sites (tertiary alicyclic amines) is 1. The van der Waals surface area contributed by atoms with E-state index in [1.165, 1.54) is 37.7 Å². The minimum absolute atomic E-state index is 0.00945. The quantitative estimate of drug-likeness (QED) is 0.769. The molecule has 2 fully saturated rings. The summed E-state index contributed by atoms with van der Waals surface area (Å²) in [6.45, 7) is 1.59. The molecule has 1 amide bonds. The van der Waals surface area contributed by atoms with Crippen molar-refractivity contribution in [1.82, 2.24) is 4.90 Å². The molecule has 2 aromatic carbocycles. The van der Waals surface area contributed by atoms with Gasteiger partial charge in [-0.05, 0) is 73.6 Å². The standard InChI is InChI=1S/C23H28N2O3S/c26-23(25-16-4-5-17-25)20-8-12-21(13-9-20)24-29(27,28)22-14-10-19(11-15-22)18-6-2-1-3-7-18/h8-15,18,24H,1-7,16-17H2. The van der Waals surface area contributed by atoms with Crippen LogP contribution in [0.4, 0.5) is 5.69 Å². The van der Waals surface area contributed by atoms with E-state index in [4.69, 9.17) is 0 Å². The van der Waals surface area contributed by atoms with Gasteiger partial charge in [-0.25, -0.2) is 8.42 Å². The number of hydrogen-bond donors (Lipinski definition) is 1. The second-order valence-electron chi connectivity index (χ2n) is 8.09. The maximum absolute atomic E-state index is 12.7. The molecule has 1 aliphatic heterocycles. The van der Waals surface area contributed by atoms with Crippen molar-refractivity contribution < 1.29 is 13.2 Å². The van der Waals surface area contributed by atoms with Crippen LogP contribution in [0.2, 0.25) is 0 Å². The number of anilines is 1. The molecule has 1 saturated carbocycles. The fraction of sp³-hybridized carbons (Fsp3) is 0.435. The Balaban J connectivity index is 1.43. The molecule has 2 aliphatic rings. The third kappa shape index (κ3) is 4.64. The van der Waals surface area contributed by atoms with Gasteiger partial charge in [-0.2, -0.15) is 0 Å². The Morgan fingerprint density at radius 1 is 0.828 bits per heavy atom. The Morgan fingerprint density at radius 2 is 1.45 bits per heavy atom. The summed E-state index contributed by atoms with van der Waals surface area (Å²) in [5.41, 5.74) is 2.28. The van der Waals surface area contributed by atoms with Crippen LogP contribution in [-0.2, 0) is 10.0 Å².